The standard InChI is InChI=1S/C29H25N3O4/c33-28(30-26-13-15-27(16-14-26)32(35)36)12-7-17-31-20-24(18-22-8-3-1-4-9-22)29(34)25(21-31)19-23-10-5-2-6-11-23/h1-16,18-19H,17,20-21H2,(H,30,33)/b12-7-,24-18-,25-19+. The minimum atomic E-state index is -0.490. The van der Waals surface area contributed by atoms with Crippen molar-refractivity contribution in [3.63, 3.8) is 0 Å². The molecule has 1 heterocycles. The number of hydrogen-bond acceptors (Lipinski definition) is 5. The molecule has 0 spiro atoms. The van der Waals surface area contributed by atoms with Crippen LogP contribution in [0.15, 0.2) is 108 Å². The summed E-state index contributed by atoms with van der Waals surface area (Å²) >= 11 is 0. The molecule has 0 aliphatic carbocycles. The summed E-state index contributed by atoms with van der Waals surface area (Å²) < 4.78 is 0. The first-order valence-electron chi connectivity index (χ1n) is 11.5. The van der Waals surface area contributed by atoms with Crippen molar-refractivity contribution < 1.29 is 14.5 Å². The van der Waals surface area contributed by atoms with E-state index in [0.29, 0.717) is 36.5 Å². The molecule has 7 heteroatoms. The molecule has 1 amide bonds. The van der Waals surface area contributed by atoms with E-state index in [0.717, 1.165) is 11.1 Å². The van der Waals surface area contributed by atoms with E-state index in [1.54, 1.807) is 6.08 Å². The third-order valence-electron chi connectivity index (χ3n) is 5.63. The number of carbonyl (C=O) groups excluding carboxylic acids is 2. The van der Waals surface area contributed by atoms with Crippen LogP contribution >= 0.6 is 0 Å². The number of rotatable bonds is 7. The highest BCUT2D eigenvalue weighted by Crippen LogP contribution is 2.22. The Kier molecular flexibility index (Phi) is 7.95. The van der Waals surface area contributed by atoms with Gasteiger partial charge in [0.05, 0.1) is 4.92 Å². The maximum Gasteiger partial charge on any atom is 0.269 e. The Morgan fingerprint density at radius 1 is 0.861 bits per heavy atom. The molecule has 3 aromatic carbocycles. The molecule has 1 N–H and O–H groups in total. The maximum absolute atomic E-state index is 13.2. The van der Waals surface area contributed by atoms with Crippen LogP contribution in [0.5, 0.6) is 0 Å². The minimum Gasteiger partial charge on any atom is -0.323 e. The second-order valence-corrected chi connectivity index (χ2v) is 8.35. The Labute approximate surface area is 209 Å². The van der Waals surface area contributed by atoms with Gasteiger partial charge in [0.1, 0.15) is 0 Å². The molecule has 180 valence electrons. The molecule has 0 radical (unpaired) electrons. The lowest BCUT2D eigenvalue weighted by Gasteiger charge is -2.29. The molecule has 0 bridgehead atoms. The van der Waals surface area contributed by atoms with Gasteiger partial charge in [-0.25, -0.2) is 0 Å². The average molecular weight is 480 g/mol. The highest BCUT2D eigenvalue weighted by atomic mass is 16.6. The van der Waals surface area contributed by atoms with E-state index in [1.807, 2.05) is 72.8 Å². The van der Waals surface area contributed by atoms with Crippen LogP contribution in [0.2, 0.25) is 0 Å². The highest BCUT2D eigenvalue weighted by molar-refractivity contribution is 6.14. The molecule has 0 unspecified atom stereocenters. The molecular weight excluding hydrogens is 454 g/mol. The van der Waals surface area contributed by atoms with Crippen LogP contribution in [0.4, 0.5) is 11.4 Å². The molecule has 1 aliphatic heterocycles. The predicted octanol–water partition coefficient (Wildman–Crippen LogP) is 5.14. The summed E-state index contributed by atoms with van der Waals surface area (Å²) in [6.45, 7) is 1.40. The van der Waals surface area contributed by atoms with Crippen molar-refractivity contribution >= 4 is 35.2 Å². The first-order valence-corrected chi connectivity index (χ1v) is 11.5. The minimum absolute atomic E-state index is 0.0267. The van der Waals surface area contributed by atoms with Crippen molar-refractivity contribution in [2.75, 3.05) is 25.0 Å². The number of carbonyl (C=O) groups is 2. The number of benzene rings is 3. The Morgan fingerprint density at radius 3 is 1.89 bits per heavy atom. The summed E-state index contributed by atoms with van der Waals surface area (Å²) in [6, 6.07) is 25.1. The topological polar surface area (TPSA) is 92.6 Å². The monoisotopic (exact) mass is 479 g/mol. The van der Waals surface area contributed by atoms with Crippen LogP contribution in [-0.4, -0.2) is 41.1 Å². The number of nitro benzene ring substituents is 1. The van der Waals surface area contributed by atoms with Crippen molar-refractivity contribution in [3.8, 4) is 0 Å². The Balaban J connectivity index is 1.46. The second-order valence-electron chi connectivity index (χ2n) is 8.35. The van der Waals surface area contributed by atoms with Crippen LogP contribution in [0.25, 0.3) is 12.2 Å². The van der Waals surface area contributed by atoms with Gasteiger partial charge in [0, 0.05) is 54.7 Å². The van der Waals surface area contributed by atoms with Gasteiger partial charge in [-0.2, -0.15) is 0 Å². The molecule has 0 aromatic heterocycles. The Bertz CT molecular complexity index is 1270. The van der Waals surface area contributed by atoms with Crippen molar-refractivity contribution in [1.82, 2.24) is 4.90 Å². The number of hydrogen-bond donors (Lipinski definition) is 1. The quantitative estimate of drug-likeness (QED) is 0.288. The Hall–Kier alpha value is -4.62. The van der Waals surface area contributed by atoms with Crippen LogP contribution in [0.3, 0.4) is 0 Å². The fourth-order valence-corrected chi connectivity index (χ4v) is 3.90. The van der Waals surface area contributed by atoms with Crippen LogP contribution in [0, 0.1) is 10.1 Å². The number of piperidine rings is 1. The molecule has 4 rings (SSSR count). The molecule has 7 nitrogen and oxygen atoms in total. The summed E-state index contributed by atoms with van der Waals surface area (Å²) in [5.41, 5.74) is 3.73. The number of nitrogens with zero attached hydrogens (tertiary/aromatic N) is 2. The van der Waals surface area contributed by atoms with E-state index in [2.05, 4.69) is 10.2 Å². The fraction of sp³-hybridized carbons (Fsp3) is 0.103. The van der Waals surface area contributed by atoms with Gasteiger partial charge in [-0.15, -0.1) is 0 Å². The third kappa shape index (κ3) is 6.71. The van der Waals surface area contributed by atoms with Crippen molar-refractivity contribution in [2.45, 2.75) is 0 Å². The molecule has 0 saturated carbocycles. The SMILES string of the molecule is O=C(/C=C\CN1C/C(=C/c2ccccc2)C(=O)/C(=C/c2ccccc2)C1)Nc1ccc([N+](=O)[O-])cc1. The summed E-state index contributed by atoms with van der Waals surface area (Å²) in [6.07, 6.45) is 7.01. The van der Waals surface area contributed by atoms with Crippen LogP contribution < -0.4 is 5.32 Å². The number of anilines is 1. The van der Waals surface area contributed by atoms with E-state index < -0.39 is 4.92 Å². The smallest absolute Gasteiger partial charge is 0.269 e. The lowest BCUT2D eigenvalue weighted by atomic mass is 9.94. The van der Waals surface area contributed by atoms with Gasteiger partial charge in [-0.1, -0.05) is 66.7 Å². The van der Waals surface area contributed by atoms with Crippen molar-refractivity contribution in [3.05, 3.63) is 129 Å². The summed E-state index contributed by atoms with van der Waals surface area (Å²) in [5.74, 6) is -0.309. The lowest BCUT2D eigenvalue weighted by molar-refractivity contribution is -0.384. The lowest BCUT2D eigenvalue weighted by Crippen LogP contribution is -2.37. The predicted molar refractivity (Wildman–Crippen MR) is 141 cm³/mol. The summed E-state index contributed by atoms with van der Waals surface area (Å²) in [4.78, 5) is 37.9. The van der Waals surface area contributed by atoms with Gasteiger partial charge < -0.3 is 5.32 Å². The number of non-ortho nitro benzene ring substituents is 1. The van der Waals surface area contributed by atoms with Gasteiger partial charge in [0.2, 0.25) is 5.91 Å². The number of Topliss-reactive ketones (excluding diaryl/α,β-unsaturated/α-hetero) is 1. The van der Waals surface area contributed by atoms with Gasteiger partial charge in [0.25, 0.3) is 5.69 Å². The molecule has 36 heavy (non-hydrogen) atoms. The average Bonchev–Trinajstić information content (AvgIpc) is 2.88. The van der Waals surface area contributed by atoms with E-state index in [-0.39, 0.29) is 17.4 Å². The maximum atomic E-state index is 13.2. The molecule has 0 atom stereocenters. The van der Waals surface area contributed by atoms with E-state index >= 15 is 0 Å². The first-order chi connectivity index (χ1) is 17.5. The van der Waals surface area contributed by atoms with E-state index in [4.69, 9.17) is 0 Å². The normalized spacial score (nSPS) is 16.5. The van der Waals surface area contributed by atoms with Crippen LogP contribution in [-0.2, 0) is 9.59 Å². The van der Waals surface area contributed by atoms with Crippen molar-refractivity contribution in [1.29, 1.82) is 0 Å². The number of nitro groups is 1. The Morgan fingerprint density at radius 2 is 1.39 bits per heavy atom. The summed E-state index contributed by atoms with van der Waals surface area (Å²) in [5, 5.41) is 13.5. The number of amides is 1. The molecule has 1 saturated heterocycles. The molecule has 3 aromatic rings. The highest BCUT2D eigenvalue weighted by Gasteiger charge is 2.25. The zero-order valence-corrected chi connectivity index (χ0v) is 19.5. The summed E-state index contributed by atoms with van der Waals surface area (Å²) in [7, 11) is 0. The first kappa shape index (κ1) is 24.5. The van der Waals surface area contributed by atoms with E-state index in [1.165, 1.54) is 30.3 Å². The van der Waals surface area contributed by atoms with Gasteiger partial charge in [-0.05, 0) is 35.4 Å². The molecule has 1 fully saturated rings. The number of likely N-dealkylation sites (tertiary alicyclic amines) is 1. The number of ketones is 1. The number of nitrogens with one attached hydrogen (secondary N) is 1. The largest absolute Gasteiger partial charge is 0.323 e. The van der Waals surface area contributed by atoms with Gasteiger partial charge in [-0.3, -0.25) is 24.6 Å². The van der Waals surface area contributed by atoms with E-state index in [9.17, 15) is 19.7 Å². The van der Waals surface area contributed by atoms with Gasteiger partial charge >= 0.3 is 0 Å². The fourth-order valence-electron chi connectivity index (χ4n) is 3.90. The molecule has 1 aliphatic rings. The zero-order chi connectivity index (χ0) is 25.3. The second kappa shape index (κ2) is 11.7. The third-order valence-corrected chi connectivity index (χ3v) is 5.63. The van der Waals surface area contributed by atoms with Crippen LogP contribution in [0.1, 0.15) is 11.1 Å². The molecular formula is C29H25N3O4. The van der Waals surface area contributed by atoms with Crippen molar-refractivity contribution in [2.24, 2.45) is 0 Å². The van der Waals surface area contributed by atoms with Gasteiger partial charge in [0.15, 0.2) is 5.78 Å². The zero-order valence-electron chi connectivity index (χ0n) is 19.5.